The van der Waals surface area contributed by atoms with Crippen LogP contribution < -0.4 is 5.73 Å². The SMILES string of the molecule is NC(=O)C1c2ccccc2C2CN1C(=O)N2OS(=O)(=O)O.[Na]. The van der Waals surface area contributed by atoms with Crippen LogP contribution >= 0.6 is 0 Å². The van der Waals surface area contributed by atoms with Crippen LogP contribution in [0.15, 0.2) is 24.3 Å². The third-order valence-corrected chi connectivity index (χ3v) is 3.84. The first-order valence-electron chi connectivity index (χ1n) is 5.94. The molecule has 2 aliphatic rings. The molecule has 113 valence electrons. The van der Waals surface area contributed by atoms with Gasteiger partial charge in [0.1, 0.15) is 12.1 Å². The zero-order valence-electron chi connectivity index (χ0n) is 11.5. The van der Waals surface area contributed by atoms with Gasteiger partial charge >= 0.3 is 16.4 Å². The molecule has 3 rings (SSSR count). The van der Waals surface area contributed by atoms with Crippen LogP contribution in [0.3, 0.4) is 0 Å². The van der Waals surface area contributed by atoms with E-state index in [1.165, 1.54) is 0 Å². The van der Waals surface area contributed by atoms with Crippen LogP contribution in [0.1, 0.15) is 23.2 Å². The minimum atomic E-state index is -4.86. The van der Waals surface area contributed by atoms with Gasteiger partial charge in [0.25, 0.3) is 0 Å². The molecule has 3 amide bonds. The summed E-state index contributed by atoms with van der Waals surface area (Å²) in [6.45, 7) is 0.0406. The molecule has 9 nitrogen and oxygen atoms in total. The molecule has 2 aliphatic heterocycles. The van der Waals surface area contributed by atoms with Crippen molar-refractivity contribution in [3.63, 3.8) is 0 Å². The Morgan fingerprint density at radius 2 is 1.91 bits per heavy atom. The molecular formula is C11H11N3NaO6S. The summed E-state index contributed by atoms with van der Waals surface area (Å²) in [4.78, 5) is 24.9. The number of hydrogen-bond acceptors (Lipinski definition) is 5. The molecule has 3 N–H and O–H groups in total. The zero-order valence-corrected chi connectivity index (χ0v) is 14.4. The van der Waals surface area contributed by atoms with Gasteiger partial charge in [0.05, 0.1) is 6.54 Å². The van der Waals surface area contributed by atoms with E-state index in [9.17, 15) is 18.0 Å². The Morgan fingerprint density at radius 1 is 1.32 bits per heavy atom. The molecule has 2 unspecified atom stereocenters. The van der Waals surface area contributed by atoms with E-state index in [1.54, 1.807) is 24.3 Å². The first-order chi connectivity index (χ1) is 9.79. The van der Waals surface area contributed by atoms with E-state index in [0.29, 0.717) is 16.2 Å². The molecule has 1 aromatic rings. The van der Waals surface area contributed by atoms with Gasteiger partial charge in [-0.3, -0.25) is 9.35 Å². The molecule has 1 radical (unpaired) electrons. The van der Waals surface area contributed by atoms with Crippen LogP contribution in [0.4, 0.5) is 4.79 Å². The number of urea groups is 1. The van der Waals surface area contributed by atoms with Crippen molar-refractivity contribution in [3.8, 4) is 0 Å². The quantitative estimate of drug-likeness (QED) is 0.558. The number of rotatable bonds is 3. The van der Waals surface area contributed by atoms with Gasteiger partial charge in [0.2, 0.25) is 5.91 Å². The maximum Gasteiger partial charge on any atom is 0.418 e. The summed E-state index contributed by atoms with van der Waals surface area (Å²) < 4.78 is 34.9. The van der Waals surface area contributed by atoms with E-state index < -0.39 is 34.4 Å². The molecular weight excluding hydrogens is 325 g/mol. The predicted octanol–water partition coefficient (Wildman–Crippen LogP) is -0.641. The van der Waals surface area contributed by atoms with Crippen LogP contribution in [-0.2, 0) is 19.5 Å². The standard InChI is InChI=1S/C11H11N3O6S.Na/c12-10(15)9-7-4-2-1-3-6(7)8-5-13(9)11(16)14(8)20-21(17,18)19;/h1-4,8-9H,5H2,(H2,12,15)(H,17,18,19);. The van der Waals surface area contributed by atoms with Crippen LogP contribution in [0.5, 0.6) is 0 Å². The monoisotopic (exact) mass is 336 g/mol. The van der Waals surface area contributed by atoms with E-state index in [-0.39, 0.29) is 36.1 Å². The van der Waals surface area contributed by atoms with Gasteiger partial charge in [0.15, 0.2) is 0 Å². The number of carbonyl (C=O) groups is 2. The number of benzene rings is 1. The molecule has 0 spiro atoms. The second-order valence-electron chi connectivity index (χ2n) is 4.71. The van der Waals surface area contributed by atoms with E-state index in [0.717, 1.165) is 4.90 Å². The fourth-order valence-electron chi connectivity index (χ4n) is 2.76. The van der Waals surface area contributed by atoms with Gasteiger partial charge in [0, 0.05) is 29.6 Å². The van der Waals surface area contributed by atoms with Crippen molar-refractivity contribution in [2.24, 2.45) is 5.73 Å². The Kier molecular flexibility index (Phi) is 4.53. The number of fused-ring (bicyclic) bond motifs is 4. The maximum absolute atomic E-state index is 12.2. The molecule has 11 heteroatoms. The van der Waals surface area contributed by atoms with Crippen LogP contribution in [0.2, 0.25) is 0 Å². The average Bonchev–Trinajstić information content (AvgIpc) is 2.64. The molecule has 0 aliphatic carbocycles. The van der Waals surface area contributed by atoms with Gasteiger partial charge < -0.3 is 10.6 Å². The van der Waals surface area contributed by atoms with Gasteiger partial charge in [-0.1, -0.05) is 24.3 Å². The van der Waals surface area contributed by atoms with E-state index in [4.69, 9.17) is 10.3 Å². The summed E-state index contributed by atoms with van der Waals surface area (Å²) in [6.07, 6.45) is 0. The van der Waals surface area contributed by atoms with E-state index in [2.05, 4.69) is 4.28 Å². The van der Waals surface area contributed by atoms with Crippen LogP contribution in [-0.4, -0.2) is 71.0 Å². The fourth-order valence-corrected chi connectivity index (χ4v) is 3.13. The number of primary amides is 1. The van der Waals surface area contributed by atoms with Crippen LogP contribution in [0, 0.1) is 0 Å². The first kappa shape index (κ1) is 17.2. The predicted molar refractivity (Wildman–Crippen MR) is 73.4 cm³/mol. The molecule has 1 saturated heterocycles. The first-order valence-corrected chi connectivity index (χ1v) is 7.31. The molecule has 2 heterocycles. The molecule has 1 fully saturated rings. The van der Waals surface area contributed by atoms with Gasteiger partial charge in [-0.25, -0.2) is 4.79 Å². The number of carbonyl (C=O) groups excluding carboxylic acids is 2. The van der Waals surface area contributed by atoms with Gasteiger partial charge in [-0.2, -0.15) is 13.5 Å². The summed E-state index contributed by atoms with van der Waals surface area (Å²) >= 11 is 0. The average molecular weight is 336 g/mol. The summed E-state index contributed by atoms with van der Waals surface area (Å²) in [6, 6.07) is 4.05. The minimum Gasteiger partial charge on any atom is -0.368 e. The van der Waals surface area contributed by atoms with E-state index >= 15 is 0 Å². The van der Waals surface area contributed by atoms with Crippen molar-refractivity contribution < 1.29 is 26.8 Å². The van der Waals surface area contributed by atoms with Crippen molar-refractivity contribution in [1.82, 2.24) is 9.96 Å². The third-order valence-electron chi connectivity index (χ3n) is 3.49. The Labute approximate surface area is 148 Å². The number of hydroxylamine groups is 2. The molecule has 22 heavy (non-hydrogen) atoms. The fraction of sp³-hybridized carbons (Fsp3) is 0.273. The normalized spacial score (nSPS) is 23.0. The minimum absolute atomic E-state index is 0. The van der Waals surface area contributed by atoms with Crippen molar-refractivity contribution in [2.75, 3.05) is 6.54 Å². The van der Waals surface area contributed by atoms with Gasteiger partial charge in [-0.15, -0.1) is 4.28 Å². The smallest absolute Gasteiger partial charge is 0.368 e. The Morgan fingerprint density at radius 3 is 2.45 bits per heavy atom. The Hall–Kier alpha value is -1.17. The Bertz CT molecular complexity index is 739. The molecule has 0 aromatic heterocycles. The third kappa shape index (κ3) is 2.73. The summed E-state index contributed by atoms with van der Waals surface area (Å²) in [7, 11) is -4.86. The van der Waals surface area contributed by atoms with Crippen molar-refractivity contribution in [3.05, 3.63) is 35.4 Å². The van der Waals surface area contributed by atoms with Crippen molar-refractivity contribution in [2.45, 2.75) is 12.1 Å². The number of nitrogens with zero attached hydrogens (tertiary/aromatic N) is 2. The van der Waals surface area contributed by atoms with Crippen molar-refractivity contribution >= 4 is 51.9 Å². The molecule has 0 saturated carbocycles. The number of hydrogen-bond donors (Lipinski definition) is 2. The largest absolute Gasteiger partial charge is 0.418 e. The summed E-state index contributed by atoms with van der Waals surface area (Å²) in [5.74, 6) is -0.733. The summed E-state index contributed by atoms with van der Waals surface area (Å²) in [5, 5.41) is 0.539. The molecule has 2 bridgehead atoms. The van der Waals surface area contributed by atoms with Crippen LogP contribution in [0.25, 0.3) is 0 Å². The van der Waals surface area contributed by atoms with Gasteiger partial charge in [-0.05, 0) is 11.1 Å². The van der Waals surface area contributed by atoms with Crippen molar-refractivity contribution in [1.29, 1.82) is 0 Å². The topological polar surface area (TPSA) is 130 Å². The number of nitrogens with two attached hydrogens (primary N) is 1. The van der Waals surface area contributed by atoms with E-state index in [1.807, 2.05) is 0 Å². The molecule has 2 atom stereocenters. The maximum atomic E-state index is 12.2. The summed E-state index contributed by atoms with van der Waals surface area (Å²) in [5.41, 5.74) is 6.40. The second-order valence-corrected chi connectivity index (χ2v) is 5.72. The molecule has 1 aromatic carbocycles. The second kappa shape index (κ2) is 5.80. The number of amides is 3. The zero-order chi connectivity index (χ0) is 15.4. The Balaban J connectivity index is 0.00000176.